The van der Waals surface area contributed by atoms with Gasteiger partial charge in [-0.1, -0.05) is 0 Å². The van der Waals surface area contributed by atoms with Crippen molar-refractivity contribution in [2.75, 3.05) is 26.3 Å². The molecule has 2 heterocycles. The Kier molecular flexibility index (Phi) is 6.86. The lowest BCUT2D eigenvalue weighted by Crippen LogP contribution is -2.49. The monoisotopic (exact) mass is 390 g/mol. The van der Waals surface area contributed by atoms with Gasteiger partial charge in [0.05, 0.1) is 6.61 Å². The highest BCUT2D eigenvalue weighted by molar-refractivity contribution is 5.94. The Labute approximate surface area is 164 Å². The summed E-state index contributed by atoms with van der Waals surface area (Å²) in [5, 5.41) is 3.00. The number of benzene rings is 1. The van der Waals surface area contributed by atoms with Gasteiger partial charge in [0, 0.05) is 31.3 Å². The summed E-state index contributed by atoms with van der Waals surface area (Å²) in [6.45, 7) is 3.83. The normalized spacial score (nSPS) is 19.9. The Hall–Kier alpha value is -2.61. The minimum Gasteiger partial charge on any atom is -0.434 e. The van der Waals surface area contributed by atoms with E-state index in [9.17, 15) is 14.4 Å². The first-order chi connectivity index (χ1) is 13.6. The number of nitrogens with zero attached hydrogens (tertiary/aromatic N) is 1. The van der Waals surface area contributed by atoms with Crippen LogP contribution in [-0.4, -0.2) is 61.3 Å². The predicted molar refractivity (Wildman–Crippen MR) is 100 cm³/mol. The molecule has 2 fully saturated rings. The lowest BCUT2D eigenvalue weighted by atomic mass is 10.0. The molecule has 0 aromatic heterocycles. The van der Waals surface area contributed by atoms with Gasteiger partial charge in [0.25, 0.3) is 11.8 Å². The van der Waals surface area contributed by atoms with Crippen molar-refractivity contribution in [1.29, 1.82) is 0 Å². The van der Waals surface area contributed by atoms with Crippen molar-refractivity contribution in [3.8, 4) is 5.75 Å². The molecule has 1 N–H and O–H groups in total. The number of likely N-dealkylation sites (tertiary alicyclic amines) is 1. The zero-order valence-corrected chi connectivity index (χ0v) is 16.0. The minimum atomic E-state index is -0.774. The van der Waals surface area contributed by atoms with Crippen LogP contribution in [0.5, 0.6) is 5.75 Å². The number of nitrogens with one attached hydrogen (secondary N) is 1. The van der Waals surface area contributed by atoms with E-state index >= 15 is 0 Å². The van der Waals surface area contributed by atoms with Crippen molar-refractivity contribution < 1.29 is 28.6 Å². The highest BCUT2D eigenvalue weighted by Crippen LogP contribution is 2.19. The molecule has 2 amide bonds. The predicted octanol–water partition coefficient (Wildman–Crippen LogP) is 2.12. The van der Waals surface area contributed by atoms with Crippen molar-refractivity contribution in [1.82, 2.24) is 10.2 Å². The first-order valence-electron chi connectivity index (χ1n) is 9.72. The molecule has 0 radical (unpaired) electrons. The Morgan fingerprint density at radius 2 is 1.86 bits per heavy atom. The van der Waals surface area contributed by atoms with Crippen LogP contribution in [0, 0.1) is 0 Å². The molecule has 2 saturated heterocycles. The maximum Gasteiger partial charge on any atom is 0.513 e. The highest BCUT2D eigenvalue weighted by Gasteiger charge is 2.31. The summed E-state index contributed by atoms with van der Waals surface area (Å²) >= 11 is 0. The van der Waals surface area contributed by atoms with Gasteiger partial charge in [0.1, 0.15) is 11.9 Å². The quantitative estimate of drug-likeness (QED) is 0.611. The second-order valence-corrected chi connectivity index (χ2v) is 6.88. The Balaban J connectivity index is 1.45. The molecule has 0 bridgehead atoms. The number of hydrogen-bond donors (Lipinski definition) is 1. The zero-order valence-electron chi connectivity index (χ0n) is 16.0. The molecular formula is C20H26N2O6. The molecular weight excluding hydrogens is 364 g/mol. The Morgan fingerprint density at radius 3 is 2.46 bits per heavy atom. The third-order valence-corrected chi connectivity index (χ3v) is 4.93. The van der Waals surface area contributed by atoms with Gasteiger partial charge in [-0.2, -0.15) is 0 Å². The van der Waals surface area contributed by atoms with E-state index < -0.39 is 6.16 Å². The van der Waals surface area contributed by atoms with Crippen LogP contribution in [0.25, 0.3) is 0 Å². The van der Waals surface area contributed by atoms with Gasteiger partial charge >= 0.3 is 6.16 Å². The number of rotatable bonds is 5. The fraction of sp³-hybridized carbons (Fsp3) is 0.550. The van der Waals surface area contributed by atoms with Crippen LogP contribution in [0.2, 0.25) is 0 Å². The topological polar surface area (TPSA) is 94.2 Å². The van der Waals surface area contributed by atoms with Gasteiger partial charge in [0.15, 0.2) is 0 Å². The standard InChI is InChI=1S/C20H26N2O6/c1-2-26-20(25)28-16-7-5-14(6-8-16)18(23)21-15-9-11-22(12-10-15)19(24)17-4-3-13-27-17/h5-8,15,17H,2-4,9-13H2,1H3,(H,21,23). The van der Waals surface area contributed by atoms with E-state index in [2.05, 4.69) is 5.32 Å². The minimum absolute atomic E-state index is 0.0245. The number of carbonyl (C=O) groups is 3. The first-order valence-corrected chi connectivity index (χ1v) is 9.72. The lowest BCUT2D eigenvalue weighted by molar-refractivity contribution is -0.142. The lowest BCUT2D eigenvalue weighted by Gasteiger charge is -2.33. The van der Waals surface area contributed by atoms with Crippen molar-refractivity contribution in [2.24, 2.45) is 0 Å². The van der Waals surface area contributed by atoms with Gasteiger partial charge in [0.2, 0.25) is 0 Å². The number of carbonyl (C=O) groups excluding carboxylic acids is 3. The van der Waals surface area contributed by atoms with Crippen LogP contribution in [-0.2, 0) is 14.3 Å². The molecule has 3 rings (SSSR count). The average molecular weight is 390 g/mol. The molecule has 2 aliphatic heterocycles. The van der Waals surface area contributed by atoms with E-state index in [-0.39, 0.29) is 30.6 Å². The molecule has 1 aromatic rings. The fourth-order valence-electron chi connectivity index (χ4n) is 3.41. The molecule has 28 heavy (non-hydrogen) atoms. The molecule has 2 aliphatic rings. The van der Waals surface area contributed by atoms with E-state index in [1.807, 2.05) is 4.90 Å². The maximum atomic E-state index is 12.4. The summed E-state index contributed by atoms with van der Waals surface area (Å²) < 4.78 is 15.1. The molecule has 1 atom stereocenters. The molecule has 0 saturated carbocycles. The number of hydrogen-bond acceptors (Lipinski definition) is 6. The third-order valence-electron chi connectivity index (χ3n) is 4.93. The second-order valence-electron chi connectivity index (χ2n) is 6.88. The summed E-state index contributed by atoms with van der Waals surface area (Å²) in [6, 6.07) is 6.32. The molecule has 8 heteroatoms. The maximum absolute atomic E-state index is 12.4. The van der Waals surface area contributed by atoms with Crippen molar-refractivity contribution in [3.05, 3.63) is 29.8 Å². The SMILES string of the molecule is CCOC(=O)Oc1ccc(C(=O)NC2CCN(C(=O)C3CCCO3)CC2)cc1. The van der Waals surface area contributed by atoms with Crippen molar-refractivity contribution in [3.63, 3.8) is 0 Å². The van der Waals surface area contributed by atoms with E-state index in [1.54, 1.807) is 31.2 Å². The summed E-state index contributed by atoms with van der Waals surface area (Å²) in [4.78, 5) is 37.9. The summed E-state index contributed by atoms with van der Waals surface area (Å²) in [5.41, 5.74) is 0.481. The Morgan fingerprint density at radius 1 is 1.14 bits per heavy atom. The molecule has 8 nitrogen and oxygen atoms in total. The van der Waals surface area contributed by atoms with Gasteiger partial charge in [-0.3, -0.25) is 9.59 Å². The van der Waals surface area contributed by atoms with Crippen LogP contribution in [0.4, 0.5) is 4.79 Å². The first kappa shape index (κ1) is 20.1. The number of piperidine rings is 1. The van der Waals surface area contributed by atoms with Gasteiger partial charge in [-0.25, -0.2) is 4.79 Å². The molecule has 0 spiro atoms. The van der Waals surface area contributed by atoms with Crippen LogP contribution in [0.15, 0.2) is 24.3 Å². The van der Waals surface area contributed by atoms with Gasteiger partial charge in [-0.15, -0.1) is 0 Å². The summed E-state index contributed by atoms with van der Waals surface area (Å²) in [5.74, 6) is 0.196. The van der Waals surface area contributed by atoms with Crippen molar-refractivity contribution >= 4 is 18.0 Å². The highest BCUT2D eigenvalue weighted by atomic mass is 16.7. The van der Waals surface area contributed by atoms with Gasteiger partial charge < -0.3 is 24.4 Å². The molecule has 152 valence electrons. The van der Waals surface area contributed by atoms with Crippen LogP contribution in [0.1, 0.15) is 43.0 Å². The van der Waals surface area contributed by atoms with E-state index in [4.69, 9.17) is 14.2 Å². The number of ether oxygens (including phenoxy) is 3. The largest absolute Gasteiger partial charge is 0.513 e. The van der Waals surface area contributed by atoms with E-state index in [1.165, 1.54) is 0 Å². The summed E-state index contributed by atoms with van der Waals surface area (Å²) in [7, 11) is 0. The fourth-order valence-corrected chi connectivity index (χ4v) is 3.41. The van der Waals surface area contributed by atoms with Crippen LogP contribution >= 0.6 is 0 Å². The molecule has 0 aliphatic carbocycles. The second kappa shape index (κ2) is 9.54. The molecule has 1 aromatic carbocycles. The van der Waals surface area contributed by atoms with Gasteiger partial charge in [-0.05, 0) is 56.9 Å². The zero-order chi connectivity index (χ0) is 19.9. The van der Waals surface area contributed by atoms with Crippen molar-refractivity contribution in [2.45, 2.75) is 44.8 Å². The smallest absolute Gasteiger partial charge is 0.434 e. The van der Waals surface area contributed by atoms with E-state index in [0.29, 0.717) is 43.9 Å². The van der Waals surface area contributed by atoms with Crippen LogP contribution in [0.3, 0.4) is 0 Å². The summed E-state index contributed by atoms with van der Waals surface area (Å²) in [6.07, 6.45) is 2.10. The third kappa shape index (κ3) is 5.22. The number of amides is 2. The van der Waals surface area contributed by atoms with E-state index in [0.717, 1.165) is 12.8 Å². The molecule has 1 unspecified atom stereocenters. The Bertz CT molecular complexity index is 691. The van der Waals surface area contributed by atoms with Crippen LogP contribution < -0.4 is 10.1 Å². The average Bonchev–Trinajstić information content (AvgIpc) is 3.23.